The van der Waals surface area contributed by atoms with Gasteiger partial charge in [0.2, 0.25) is 0 Å². The van der Waals surface area contributed by atoms with Gasteiger partial charge in [-0.2, -0.15) is 0 Å². The first-order valence-electron chi connectivity index (χ1n) is 11.7. The molecule has 0 aliphatic heterocycles. The van der Waals surface area contributed by atoms with Crippen molar-refractivity contribution < 1.29 is 13.6 Å². The summed E-state index contributed by atoms with van der Waals surface area (Å²) >= 11 is 0. The Kier molecular flexibility index (Phi) is 8.49. The highest BCUT2D eigenvalue weighted by molar-refractivity contribution is 7.33. The molecular formula is C30H31O3P. The average molecular weight is 471 g/mol. The highest BCUT2D eigenvalue weighted by Crippen LogP contribution is 2.39. The lowest BCUT2D eigenvalue weighted by Crippen LogP contribution is -2.04. The third-order valence-electron chi connectivity index (χ3n) is 6.01. The third-order valence-corrected chi connectivity index (χ3v) is 7.10. The second kappa shape index (κ2) is 11.9. The quantitative estimate of drug-likeness (QED) is 0.220. The predicted octanol–water partition coefficient (Wildman–Crippen LogP) is 8.11. The smallest absolute Gasteiger partial charge is 0.303 e. The fourth-order valence-corrected chi connectivity index (χ4v) is 5.15. The maximum absolute atomic E-state index is 12.9. The number of benzene rings is 4. The highest BCUT2D eigenvalue weighted by Gasteiger charge is 2.18. The molecular weight excluding hydrogens is 439 g/mol. The molecule has 0 saturated heterocycles. The van der Waals surface area contributed by atoms with E-state index in [0.29, 0.717) is 0 Å². The zero-order valence-electron chi connectivity index (χ0n) is 19.7. The lowest BCUT2D eigenvalue weighted by molar-refractivity contribution is 0.145. The lowest BCUT2D eigenvalue weighted by Gasteiger charge is -2.20. The van der Waals surface area contributed by atoms with E-state index in [1.54, 1.807) is 0 Å². The molecule has 0 aliphatic carbocycles. The van der Waals surface area contributed by atoms with Gasteiger partial charge in [-0.15, -0.1) is 0 Å². The molecule has 0 fully saturated rings. The third kappa shape index (κ3) is 6.55. The van der Waals surface area contributed by atoms with Crippen LogP contribution in [0.4, 0.5) is 0 Å². The Morgan fingerprint density at radius 2 is 0.912 bits per heavy atom. The van der Waals surface area contributed by atoms with E-state index in [0.717, 1.165) is 35.1 Å². The summed E-state index contributed by atoms with van der Waals surface area (Å²) in [7, 11) is -2.71. The van der Waals surface area contributed by atoms with E-state index < -0.39 is 8.25 Å². The average Bonchev–Trinajstić information content (AvgIpc) is 2.86. The normalized spacial score (nSPS) is 13.8. The molecule has 4 aromatic rings. The van der Waals surface area contributed by atoms with Gasteiger partial charge in [0, 0.05) is 0 Å². The predicted molar refractivity (Wildman–Crippen MR) is 139 cm³/mol. The molecule has 0 amide bonds. The molecule has 2 unspecified atom stereocenters. The van der Waals surface area contributed by atoms with Gasteiger partial charge in [0.05, 0.1) is 12.2 Å². The minimum absolute atomic E-state index is 0.335. The molecule has 0 N–H and O–H groups in total. The number of hydrogen-bond donors (Lipinski definition) is 0. The zero-order valence-corrected chi connectivity index (χ0v) is 20.7. The maximum atomic E-state index is 12.9. The Balaban J connectivity index is 1.42. The highest BCUT2D eigenvalue weighted by atomic mass is 31.1. The van der Waals surface area contributed by atoms with Crippen LogP contribution in [0.25, 0.3) is 0 Å². The van der Waals surface area contributed by atoms with E-state index >= 15 is 0 Å². The number of hydrogen-bond acceptors (Lipinski definition) is 3. The van der Waals surface area contributed by atoms with Crippen molar-refractivity contribution in [3.63, 3.8) is 0 Å². The molecule has 0 aromatic heterocycles. The number of rotatable bonds is 10. The topological polar surface area (TPSA) is 35.5 Å². The minimum atomic E-state index is -2.71. The van der Waals surface area contributed by atoms with Gasteiger partial charge in [0.1, 0.15) is 0 Å². The van der Waals surface area contributed by atoms with E-state index in [1.807, 2.05) is 86.6 Å². The summed E-state index contributed by atoms with van der Waals surface area (Å²) in [6, 6.07) is 37.0. The van der Waals surface area contributed by atoms with Crippen molar-refractivity contribution in [1.29, 1.82) is 0 Å². The molecule has 2 atom stereocenters. The zero-order chi connectivity index (χ0) is 23.8. The minimum Gasteiger partial charge on any atom is -0.303 e. The second-order valence-corrected chi connectivity index (χ2v) is 9.46. The van der Waals surface area contributed by atoms with E-state index in [2.05, 4.69) is 36.4 Å². The fraction of sp³-hybridized carbons (Fsp3) is 0.200. The molecule has 34 heavy (non-hydrogen) atoms. The van der Waals surface area contributed by atoms with Gasteiger partial charge >= 0.3 is 8.25 Å². The van der Waals surface area contributed by atoms with Crippen LogP contribution in [0.15, 0.2) is 109 Å². The van der Waals surface area contributed by atoms with Crippen molar-refractivity contribution in [3.05, 3.63) is 143 Å². The Bertz CT molecular complexity index is 1110. The summed E-state index contributed by atoms with van der Waals surface area (Å²) in [4.78, 5) is 0. The molecule has 0 radical (unpaired) electrons. The summed E-state index contributed by atoms with van der Waals surface area (Å²) in [5.41, 5.74) is 6.86. The summed E-state index contributed by atoms with van der Waals surface area (Å²) in [6.07, 6.45) is 0.932. The largest absolute Gasteiger partial charge is 0.320 e. The maximum Gasteiger partial charge on any atom is 0.320 e. The van der Waals surface area contributed by atoms with E-state index in [9.17, 15) is 4.57 Å². The van der Waals surface area contributed by atoms with Crippen LogP contribution >= 0.6 is 8.25 Å². The standard InChI is InChI=1S/C30H31O3P/c1-23(29-19-11-9-17-27(29)21-25-13-5-3-6-14-25)32-34(31)33-24(2)30-20-12-10-18-28(30)22-26-15-7-4-8-16-26/h3-20,23-24,34H,21-22H2,1-2H3. The molecule has 0 saturated carbocycles. The first-order chi connectivity index (χ1) is 16.6. The molecule has 0 bridgehead atoms. The van der Waals surface area contributed by atoms with Crippen LogP contribution in [-0.4, -0.2) is 0 Å². The molecule has 3 nitrogen and oxygen atoms in total. The van der Waals surface area contributed by atoms with Crippen molar-refractivity contribution in [2.24, 2.45) is 0 Å². The van der Waals surface area contributed by atoms with Gasteiger partial charge in [0.25, 0.3) is 0 Å². The van der Waals surface area contributed by atoms with Crippen molar-refractivity contribution in [2.45, 2.75) is 38.9 Å². The molecule has 4 rings (SSSR count). The summed E-state index contributed by atoms with van der Waals surface area (Å²) in [5, 5.41) is 0. The van der Waals surface area contributed by atoms with E-state index in [4.69, 9.17) is 9.05 Å². The van der Waals surface area contributed by atoms with Crippen LogP contribution in [-0.2, 0) is 26.5 Å². The Hall–Kier alpha value is -2.97. The monoisotopic (exact) mass is 470 g/mol. The summed E-state index contributed by atoms with van der Waals surface area (Å²) < 4.78 is 24.7. The first-order valence-corrected chi connectivity index (χ1v) is 12.9. The SMILES string of the molecule is CC(O[PH](=O)OC(C)c1ccccc1Cc1ccccc1)c1ccccc1Cc1ccccc1. The summed E-state index contributed by atoms with van der Waals surface area (Å²) in [5.74, 6) is 0. The molecule has 174 valence electrons. The Morgan fingerprint density at radius 3 is 1.32 bits per heavy atom. The van der Waals surface area contributed by atoms with Crippen LogP contribution in [0.3, 0.4) is 0 Å². The molecule has 4 aromatic carbocycles. The van der Waals surface area contributed by atoms with Crippen LogP contribution in [0.1, 0.15) is 59.4 Å². The Morgan fingerprint density at radius 1 is 0.559 bits per heavy atom. The van der Waals surface area contributed by atoms with Gasteiger partial charge in [-0.25, -0.2) is 0 Å². The van der Waals surface area contributed by atoms with Gasteiger partial charge in [-0.05, 0) is 60.1 Å². The van der Waals surface area contributed by atoms with Crippen LogP contribution < -0.4 is 0 Å². The van der Waals surface area contributed by atoms with Gasteiger partial charge in [0.15, 0.2) is 0 Å². The first kappa shape index (κ1) is 24.2. The summed E-state index contributed by atoms with van der Waals surface area (Å²) in [6.45, 7) is 3.87. The van der Waals surface area contributed by atoms with Gasteiger partial charge < -0.3 is 9.05 Å². The second-order valence-electron chi connectivity index (χ2n) is 8.49. The molecule has 0 aliphatic rings. The lowest BCUT2D eigenvalue weighted by atomic mass is 9.97. The fourth-order valence-electron chi connectivity index (χ4n) is 4.26. The van der Waals surface area contributed by atoms with Crippen LogP contribution in [0.5, 0.6) is 0 Å². The Labute approximate surface area is 203 Å². The van der Waals surface area contributed by atoms with Crippen molar-refractivity contribution in [2.75, 3.05) is 0 Å². The molecule has 0 spiro atoms. The van der Waals surface area contributed by atoms with Crippen molar-refractivity contribution in [1.82, 2.24) is 0 Å². The van der Waals surface area contributed by atoms with Crippen molar-refractivity contribution >= 4 is 8.25 Å². The van der Waals surface area contributed by atoms with Crippen LogP contribution in [0, 0.1) is 0 Å². The van der Waals surface area contributed by atoms with Crippen molar-refractivity contribution in [3.8, 4) is 0 Å². The van der Waals surface area contributed by atoms with E-state index in [-0.39, 0.29) is 12.2 Å². The van der Waals surface area contributed by atoms with Gasteiger partial charge in [-0.1, -0.05) is 109 Å². The van der Waals surface area contributed by atoms with Gasteiger partial charge in [-0.3, -0.25) is 4.57 Å². The molecule has 0 heterocycles. The van der Waals surface area contributed by atoms with E-state index in [1.165, 1.54) is 11.1 Å². The molecule has 4 heteroatoms. The van der Waals surface area contributed by atoms with Crippen LogP contribution in [0.2, 0.25) is 0 Å².